The number of benzene rings is 1. The zero-order chi connectivity index (χ0) is 11.8. The lowest BCUT2D eigenvalue weighted by Crippen LogP contribution is -2.10. The van der Waals surface area contributed by atoms with E-state index in [1.54, 1.807) is 12.3 Å². The fourth-order valence-electron chi connectivity index (χ4n) is 1.71. The van der Waals surface area contributed by atoms with Crippen LogP contribution in [0.25, 0.3) is 11.1 Å². The van der Waals surface area contributed by atoms with Crippen molar-refractivity contribution in [3.05, 3.63) is 42.1 Å². The summed E-state index contributed by atoms with van der Waals surface area (Å²) in [5.74, 6) is 0.204. The van der Waals surface area contributed by atoms with Gasteiger partial charge in [0.05, 0.1) is 0 Å². The van der Waals surface area contributed by atoms with E-state index in [0.717, 1.165) is 11.1 Å². The summed E-state index contributed by atoms with van der Waals surface area (Å²) in [6, 6.07) is 10.2. The lowest BCUT2D eigenvalue weighted by Gasteiger charge is -2.18. The van der Waals surface area contributed by atoms with Crippen LogP contribution in [0, 0.1) is 0 Å². The fraction of sp³-hybridized carbons (Fsp3) is 0.286. The number of H-pyrrole nitrogens is 1. The largest absolute Gasteiger partial charge is 0.495 e. The molecule has 0 amide bonds. The zero-order valence-electron chi connectivity index (χ0n) is 9.91. The third-order valence-electron chi connectivity index (χ3n) is 2.75. The van der Waals surface area contributed by atoms with Gasteiger partial charge >= 0.3 is 0 Å². The van der Waals surface area contributed by atoms with Gasteiger partial charge in [-0.2, -0.15) is 0 Å². The summed E-state index contributed by atoms with van der Waals surface area (Å²) in [4.78, 5) is 2.77. The summed E-state index contributed by atoms with van der Waals surface area (Å²) in [5.41, 5.74) is 3.62. The van der Waals surface area contributed by atoms with Crippen LogP contribution in [0.2, 0.25) is 0 Å². The maximum absolute atomic E-state index is 9.24. The van der Waals surface area contributed by atoms with Crippen LogP contribution in [0.5, 0.6) is 5.88 Å². The van der Waals surface area contributed by atoms with Crippen molar-refractivity contribution < 1.29 is 5.11 Å². The van der Waals surface area contributed by atoms with Gasteiger partial charge in [0.15, 0.2) is 5.88 Å². The topological polar surface area (TPSA) is 36.0 Å². The average Bonchev–Trinajstić information content (AvgIpc) is 2.64. The van der Waals surface area contributed by atoms with Crippen molar-refractivity contribution in [3.63, 3.8) is 0 Å². The minimum Gasteiger partial charge on any atom is -0.495 e. The van der Waals surface area contributed by atoms with E-state index in [4.69, 9.17) is 0 Å². The third kappa shape index (κ3) is 2.11. The van der Waals surface area contributed by atoms with Gasteiger partial charge in [0.2, 0.25) is 0 Å². The Morgan fingerprint density at radius 1 is 1.00 bits per heavy atom. The minimum atomic E-state index is 0.179. The highest BCUT2D eigenvalue weighted by molar-refractivity contribution is 5.64. The summed E-state index contributed by atoms with van der Waals surface area (Å²) < 4.78 is 0. The Bertz CT molecular complexity index is 474. The minimum absolute atomic E-state index is 0.179. The molecule has 1 heterocycles. The molecule has 1 aromatic heterocycles. The van der Waals surface area contributed by atoms with Gasteiger partial charge in [0.25, 0.3) is 0 Å². The van der Waals surface area contributed by atoms with Crippen molar-refractivity contribution in [1.29, 1.82) is 0 Å². The van der Waals surface area contributed by atoms with Crippen LogP contribution in [-0.2, 0) is 5.41 Å². The highest BCUT2D eigenvalue weighted by atomic mass is 16.3. The molecule has 0 aliphatic rings. The van der Waals surface area contributed by atoms with E-state index in [1.165, 1.54) is 5.56 Å². The fourth-order valence-corrected chi connectivity index (χ4v) is 1.71. The first kappa shape index (κ1) is 10.8. The second kappa shape index (κ2) is 3.71. The van der Waals surface area contributed by atoms with Crippen molar-refractivity contribution in [1.82, 2.24) is 4.98 Å². The van der Waals surface area contributed by atoms with Crippen LogP contribution < -0.4 is 0 Å². The average molecular weight is 215 g/mol. The van der Waals surface area contributed by atoms with E-state index in [0.29, 0.717) is 0 Å². The Labute approximate surface area is 96.0 Å². The van der Waals surface area contributed by atoms with Gasteiger partial charge in [-0.15, -0.1) is 0 Å². The van der Waals surface area contributed by atoms with Crippen molar-refractivity contribution in [2.75, 3.05) is 0 Å². The van der Waals surface area contributed by atoms with E-state index in [9.17, 15) is 5.11 Å². The molecule has 2 rings (SSSR count). The zero-order valence-corrected chi connectivity index (χ0v) is 9.91. The molecule has 2 N–H and O–H groups in total. The van der Waals surface area contributed by atoms with E-state index in [-0.39, 0.29) is 11.3 Å². The molecule has 2 heteroatoms. The van der Waals surface area contributed by atoms with Gasteiger partial charge in [-0.25, -0.2) is 0 Å². The maximum Gasteiger partial charge on any atom is 0.188 e. The number of rotatable bonds is 1. The molecule has 16 heavy (non-hydrogen) atoms. The first-order valence-electron chi connectivity index (χ1n) is 5.45. The summed E-state index contributed by atoms with van der Waals surface area (Å²) in [6.07, 6.45) is 1.81. The molecule has 0 atom stereocenters. The predicted molar refractivity (Wildman–Crippen MR) is 66.6 cm³/mol. The molecular formula is C14H17NO. The molecule has 0 aliphatic heterocycles. The summed E-state index contributed by atoms with van der Waals surface area (Å²) in [5, 5.41) is 9.24. The molecule has 0 radical (unpaired) electrons. The summed E-state index contributed by atoms with van der Waals surface area (Å²) >= 11 is 0. The summed E-state index contributed by atoms with van der Waals surface area (Å²) in [7, 11) is 0. The molecule has 2 nitrogen and oxygen atoms in total. The monoisotopic (exact) mass is 215 g/mol. The predicted octanol–water partition coefficient (Wildman–Crippen LogP) is 3.68. The molecule has 0 aliphatic carbocycles. The molecule has 0 saturated carbocycles. The Morgan fingerprint density at radius 2 is 1.62 bits per heavy atom. The molecule has 0 unspecified atom stereocenters. The van der Waals surface area contributed by atoms with Gasteiger partial charge in [-0.3, -0.25) is 0 Å². The molecule has 0 bridgehead atoms. The molecule has 84 valence electrons. The first-order valence-corrected chi connectivity index (χ1v) is 5.45. The smallest absolute Gasteiger partial charge is 0.188 e. The van der Waals surface area contributed by atoms with Gasteiger partial charge in [-0.05, 0) is 16.5 Å². The molecule has 0 saturated heterocycles. The molecular weight excluding hydrogens is 198 g/mol. The standard InChI is InChI=1S/C14H17NO/c1-14(2,3)12-6-4-10(5-7-12)11-8-13(16)15-9-11/h4-9,15-16H,1-3H3. The van der Waals surface area contributed by atoms with E-state index in [2.05, 4.69) is 50.0 Å². The SMILES string of the molecule is CC(C)(C)c1ccc(-c2c[nH]c(O)c2)cc1. The number of nitrogens with one attached hydrogen (secondary N) is 1. The van der Waals surface area contributed by atoms with E-state index in [1.807, 2.05) is 0 Å². The van der Waals surface area contributed by atoms with Gasteiger partial charge in [-0.1, -0.05) is 45.0 Å². The van der Waals surface area contributed by atoms with Crippen LogP contribution in [0.1, 0.15) is 26.3 Å². The Hall–Kier alpha value is -1.70. The van der Waals surface area contributed by atoms with Crippen molar-refractivity contribution in [3.8, 4) is 17.0 Å². The van der Waals surface area contributed by atoms with Crippen molar-refractivity contribution in [2.45, 2.75) is 26.2 Å². The maximum atomic E-state index is 9.24. The van der Waals surface area contributed by atoms with Crippen LogP contribution in [0.3, 0.4) is 0 Å². The third-order valence-corrected chi connectivity index (χ3v) is 2.75. The van der Waals surface area contributed by atoms with E-state index >= 15 is 0 Å². The van der Waals surface area contributed by atoms with Gasteiger partial charge in [0.1, 0.15) is 0 Å². The number of aromatic hydroxyl groups is 1. The normalized spacial score (nSPS) is 11.7. The van der Waals surface area contributed by atoms with Crippen molar-refractivity contribution in [2.24, 2.45) is 0 Å². The molecule has 0 spiro atoms. The Balaban J connectivity index is 2.33. The Morgan fingerprint density at radius 3 is 2.06 bits per heavy atom. The first-order chi connectivity index (χ1) is 7.47. The highest BCUT2D eigenvalue weighted by Crippen LogP contribution is 2.27. The number of aromatic nitrogens is 1. The van der Waals surface area contributed by atoms with Crippen LogP contribution in [0.15, 0.2) is 36.5 Å². The van der Waals surface area contributed by atoms with Crippen LogP contribution in [0.4, 0.5) is 0 Å². The quantitative estimate of drug-likeness (QED) is 0.747. The van der Waals surface area contributed by atoms with Gasteiger partial charge < -0.3 is 10.1 Å². The van der Waals surface area contributed by atoms with Crippen LogP contribution in [-0.4, -0.2) is 10.1 Å². The number of aromatic amines is 1. The number of hydrogen-bond acceptors (Lipinski definition) is 1. The Kier molecular flexibility index (Phi) is 2.50. The molecule has 1 aromatic carbocycles. The van der Waals surface area contributed by atoms with Crippen molar-refractivity contribution >= 4 is 0 Å². The van der Waals surface area contributed by atoms with Crippen LogP contribution >= 0.6 is 0 Å². The lowest BCUT2D eigenvalue weighted by molar-refractivity contribution is 0.457. The molecule has 2 aromatic rings. The highest BCUT2D eigenvalue weighted by Gasteiger charge is 2.13. The lowest BCUT2D eigenvalue weighted by atomic mass is 9.86. The second-order valence-corrected chi connectivity index (χ2v) is 5.10. The van der Waals surface area contributed by atoms with Gasteiger partial charge in [0, 0.05) is 17.8 Å². The molecule has 0 fully saturated rings. The van der Waals surface area contributed by atoms with E-state index < -0.39 is 0 Å². The second-order valence-electron chi connectivity index (χ2n) is 5.10. The number of hydrogen-bond donors (Lipinski definition) is 2. The summed E-state index contributed by atoms with van der Waals surface area (Å²) in [6.45, 7) is 6.60.